The van der Waals surface area contributed by atoms with Crippen LogP contribution in [0.5, 0.6) is 0 Å². The molecule has 4 heteroatoms. The van der Waals surface area contributed by atoms with Gasteiger partial charge in [-0.1, -0.05) is 6.92 Å². The summed E-state index contributed by atoms with van der Waals surface area (Å²) in [5.74, 6) is -1.38. The smallest absolute Gasteiger partial charge is 0.339 e. The minimum Gasteiger partial charge on any atom is -0.465 e. The lowest BCUT2D eigenvalue weighted by Crippen LogP contribution is -2.07. The maximum atomic E-state index is 13.4. The van der Waals surface area contributed by atoms with Crippen LogP contribution in [0.4, 0.5) is 4.39 Å². The van der Waals surface area contributed by atoms with Gasteiger partial charge in [-0.15, -0.1) is 0 Å². The van der Waals surface area contributed by atoms with E-state index in [1.54, 1.807) is 6.07 Å². The van der Waals surface area contributed by atoms with Gasteiger partial charge in [0.05, 0.1) is 12.7 Å². The summed E-state index contributed by atoms with van der Waals surface area (Å²) in [6, 6.07) is 4.39. The summed E-state index contributed by atoms with van der Waals surface area (Å²) in [6.45, 7) is 1.84. The minimum atomic E-state index is -0.694. The Morgan fingerprint density at radius 1 is 1.60 bits per heavy atom. The average Bonchev–Trinajstić information content (AvgIpc) is 2.26. The third-order valence-corrected chi connectivity index (χ3v) is 2.08. The second kappa shape index (κ2) is 4.56. The molecule has 78 valence electrons. The van der Waals surface area contributed by atoms with Crippen molar-refractivity contribution in [1.29, 1.82) is 5.26 Å². The molecule has 1 aromatic carbocycles. The van der Waals surface area contributed by atoms with E-state index in [2.05, 4.69) is 4.74 Å². The average molecular weight is 207 g/mol. The molecule has 0 aromatic heterocycles. The van der Waals surface area contributed by atoms with Crippen molar-refractivity contribution in [3.8, 4) is 6.07 Å². The van der Waals surface area contributed by atoms with Crippen LogP contribution in [0.15, 0.2) is 12.1 Å². The van der Waals surface area contributed by atoms with Gasteiger partial charge in [-0.2, -0.15) is 5.26 Å². The first-order valence-corrected chi connectivity index (χ1v) is 4.44. The van der Waals surface area contributed by atoms with E-state index in [4.69, 9.17) is 5.26 Å². The molecule has 0 atom stereocenters. The van der Waals surface area contributed by atoms with Crippen molar-refractivity contribution >= 4 is 5.97 Å². The Kier molecular flexibility index (Phi) is 3.40. The maximum absolute atomic E-state index is 13.4. The van der Waals surface area contributed by atoms with Gasteiger partial charge < -0.3 is 4.74 Å². The molecule has 0 amide bonds. The normalized spacial score (nSPS) is 9.47. The molecule has 0 bridgehead atoms. The highest BCUT2D eigenvalue weighted by Gasteiger charge is 2.16. The van der Waals surface area contributed by atoms with Crippen molar-refractivity contribution in [2.45, 2.75) is 13.3 Å². The van der Waals surface area contributed by atoms with E-state index >= 15 is 0 Å². The minimum absolute atomic E-state index is 0.0168. The lowest BCUT2D eigenvalue weighted by molar-refractivity contribution is 0.0599. The Morgan fingerprint density at radius 3 is 2.73 bits per heavy atom. The second-order valence-electron chi connectivity index (χ2n) is 2.96. The summed E-state index contributed by atoms with van der Waals surface area (Å²) in [7, 11) is 1.19. The van der Waals surface area contributed by atoms with Crippen LogP contribution < -0.4 is 0 Å². The van der Waals surface area contributed by atoms with E-state index < -0.39 is 11.8 Å². The number of aryl methyl sites for hydroxylation is 1. The molecule has 0 N–H and O–H groups in total. The van der Waals surface area contributed by atoms with Crippen LogP contribution in [-0.4, -0.2) is 13.1 Å². The standard InChI is InChI=1S/C11H10FNO2/c1-3-7-4-8(11(14)15-2)9(6-13)10(12)5-7/h4-5H,3H2,1-2H3. The van der Waals surface area contributed by atoms with E-state index in [9.17, 15) is 9.18 Å². The van der Waals surface area contributed by atoms with E-state index in [0.29, 0.717) is 12.0 Å². The lowest BCUT2D eigenvalue weighted by atomic mass is 10.0. The highest BCUT2D eigenvalue weighted by atomic mass is 19.1. The first-order chi connectivity index (χ1) is 7.13. The molecule has 0 unspecified atom stereocenters. The Balaban J connectivity index is 3.40. The summed E-state index contributed by atoms with van der Waals surface area (Å²) in [6.07, 6.45) is 0.590. The number of ether oxygens (including phenoxy) is 1. The molecule has 0 spiro atoms. The van der Waals surface area contributed by atoms with Crippen LogP contribution in [0.2, 0.25) is 0 Å². The number of nitrogens with zero attached hydrogens (tertiary/aromatic N) is 1. The monoisotopic (exact) mass is 207 g/mol. The van der Waals surface area contributed by atoms with Crippen molar-refractivity contribution in [3.63, 3.8) is 0 Å². The molecule has 0 radical (unpaired) electrons. The number of benzene rings is 1. The molecular weight excluding hydrogens is 197 g/mol. The predicted molar refractivity (Wildman–Crippen MR) is 51.8 cm³/mol. The summed E-state index contributed by atoms with van der Waals surface area (Å²) < 4.78 is 17.8. The van der Waals surface area contributed by atoms with Gasteiger partial charge in [-0.3, -0.25) is 0 Å². The summed E-state index contributed by atoms with van der Waals surface area (Å²) >= 11 is 0. The Bertz CT molecular complexity index is 435. The number of carbonyl (C=O) groups is 1. The zero-order chi connectivity index (χ0) is 11.4. The maximum Gasteiger partial charge on any atom is 0.339 e. The number of methoxy groups -OCH3 is 1. The molecule has 0 saturated carbocycles. The molecule has 0 fully saturated rings. The van der Waals surface area contributed by atoms with Crippen molar-refractivity contribution in [3.05, 3.63) is 34.6 Å². The van der Waals surface area contributed by atoms with Crippen LogP contribution >= 0.6 is 0 Å². The van der Waals surface area contributed by atoms with Crippen LogP contribution in [-0.2, 0) is 11.2 Å². The van der Waals surface area contributed by atoms with E-state index in [1.165, 1.54) is 19.2 Å². The van der Waals surface area contributed by atoms with Crippen LogP contribution in [0.1, 0.15) is 28.4 Å². The molecule has 1 aromatic rings. The number of hydrogen-bond donors (Lipinski definition) is 0. The van der Waals surface area contributed by atoms with Crippen LogP contribution in [0, 0.1) is 17.1 Å². The number of halogens is 1. The van der Waals surface area contributed by atoms with Gasteiger partial charge in [0.1, 0.15) is 17.4 Å². The van der Waals surface area contributed by atoms with Gasteiger partial charge in [0.2, 0.25) is 0 Å². The van der Waals surface area contributed by atoms with Gasteiger partial charge in [0, 0.05) is 0 Å². The van der Waals surface area contributed by atoms with E-state index in [-0.39, 0.29) is 11.1 Å². The molecule has 15 heavy (non-hydrogen) atoms. The number of nitriles is 1. The zero-order valence-corrected chi connectivity index (χ0v) is 8.50. The highest BCUT2D eigenvalue weighted by molar-refractivity contribution is 5.92. The summed E-state index contributed by atoms with van der Waals surface area (Å²) in [4.78, 5) is 11.3. The van der Waals surface area contributed by atoms with Crippen LogP contribution in [0.3, 0.4) is 0 Å². The van der Waals surface area contributed by atoms with E-state index in [0.717, 1.165) is 0 Å². The van der Waals surface area contributed by atoms with Crippen molar-refractivity contribution in [2.24, 2.45) is 0 Å². The fourth-order valence-electron chi connectivity index (χ4n) is 1.25. The third kappa shape index (κ3) is 2.13. The lowest BCUT2D eigenvalue weighted by Gasteiger charge is -2.05. The van der Waals surface area contributed by atoms with Gasteiger partial charge in [0.15, 0.2) is 0 Å². The number of rotatable bonds is 2. The Hall–Kier alpha value is -1.89. The molecule has 0 aliphatic carbocycles. The Morgan fingerprint density at radius 2 is 2.27 bits per heavy atom. The second-order valence-corrected chi connectivity index (χ2v) is 2.96. The first-order valence-electron chi connectivity index (χ1n) is 4.44. The SMILES string of the molecule is CCc1cc(F)c(C#N)c(C(=O)OC)c1. The Labute approximate surface area is 87.1 Å². The van der Waals surface area contributed by atoms with Crippen molar-refractivity contribution in [2.75, 3.05) is 7.11 Å². The summed E-state index contributed by atoms with van der Waals surface area (Å²) in [5, 5.41) is 8.71. The van der Waals surface area contributed by atoms with Gasteiger partial charge in [-0.25, -0.2) is 9.18 Å². The first kappa shape index (κ1) is 11.2. The fraction of sp³-hybridized carbons (Fsp3) is 0.273. The molecule has 0 aliphatic rings. The van der Waals surface area contributed by atoms with Gasteiger partial charge >= 0.3 is 5.97 Å². The molecule has 0 heterocycles. The quantitative estimate of drug-likeness (QED) is 0.697. The molecule has 0 aliphatic heterocycles. The molecular formula is C11H10FNO2. The fourth-order valence-corrected chi connectivity index (χ4v) is 1.25. The zero-order valence-electron chi connectivity index (χ0n) is 8.50. The van der Waals surface area contributed by atoms with Crippen molar-refractivity contribution < 1.29 is 13.9 Å². The third-order valence-electron chi connectivity index (χ3n) is 2.08. The number of carbonyl (C=O) groups excluding carboxylic acids is 1. The number of hydrogen-bond acceptors (Lipinski definition) is 3. The largest absolute Gasteiger partial charge is 0.465 e. The predicted octanol–water partition coefficient (Wildman–Crippen LogP) is 2.05. The van der Waals surface area contributed by atoms with Gasteiger partial charge in [-0.05, 0) is 24.1 Å². The van der Waals surface area contributed by atoms with Crippen molar-refractivity contribution in [1.82, 2.24) is 0 Å². The summed E-state index contributed by atoms with van der Waals surface area (Å²) in [5.41, 5.74) is 0.378. The topological polar surface area (TPSA) is 50.1 Å². The van der Waals surface area contributed by atoms with Gasteiger partial charge in [0.25, 0.3) is 0 Å². The van der Waals surface area contributed by atoms with E-state index in [1.807, 2.05) is 6.92 Å². The number of esters is 1. The molecule has 3 nitrogen and oxygen atoms in total. The van der Waals surface area contributed by atoms with Crippen LogP contribution in [0.25, 0.3) is 0 Å². The highest BCUT2D eigenvalue weighted by Crippen LogP contribution is 2.17. The molecule has 1 rings (SSSR count). The molecule has 0 saturated heterocycles.